The second-order valence-electron chi connectivity index (χ2n) is 4.31. The van der Waals surface area contributed by atoms with Crippen molar-refractivity contribution < 1.29 is 8.78 Å². The lowest BCUT2D eigenvalue weighted by Crippen LogP contribution is -2.30. The lowest BCUT2D eigenvalue weighted by Gasteiger charge is -2.15. The number of aromatic nitrogens is 1. The highest BCUT2D eigenvalue weighted by molar-refractivity contribution is 7.11. The Labute approximate surface area is 114 Å². The van der Waals surface area contributed by atoms with Crippen molar-refractivity contribution in [1.29, 1.82) is 0 Å². The fourth-order valence-corrected chi connectivity index (χ4v) is 3.02. The highest BCUT2D eigenvalue weighted by Crippen LogP contribution is 2.28. The first kappa shape index (κ1) is 14.0. The predicted octanol–water partition coefficient (Wildman–Crippen LogP) is 2.79. The van der Waals surface area contributed by atoms with Crippen LogP contribution in [0, 0.1) is 25.5 Å². The molecule has 1 unspecified atom stereocenters. The summed E-state index contributed by atoms with van der Waals surface area (Å²) in [4.78, 5) is 5.21. The van der Waals surface area contributed by atoms with Crippen LogP contribution in [0.25, 0.3) is 0 Å². The third-order valence-corrected chi connectivity index (χ3v) is 4.11. The van der Waals surface area contributed by atoms with E-state index in [0.717, 1.165) is 15.6 Å². The van der Waals surface area contributed by atoms with Gasteiger partial charge in [-0.3, -0.25) is 11.3 Å². The minimum absolute atomic E-state index is 0.0379. The molecule has 19 heavy (non-hydrogen) atoms. The van der Waals surface area contributed by atoms with E-state index in [-0.39, 0.29) is 18.0 Å². The van der Waals surface area contributed by atoms with Crippen LogP contribution in [0.1, 0.15) is 27.2 Å². The smallest absolute Gasteiger partial charge is 0.129 e. The number of thiazole rings is 1. The zero-order valence-corrected chi connectivity index (χ0v) is 11.5. The molecular weight excluding hydrogens is 268 g/mol. The summed E-state index contributed by atoms with van der Waals surface area (Å²) >= 11 is 1.48. The molecule has 102 valence electrons. The molecule has 0 aliphatic rings. The Kier molecular flexibility index (Phi) is 4.24. The minimum atomic E-state index is -0.556. The number of nitrogens with two attached hydrogens (primary N) is 1. The van der Waals surface area contributed by atoms with Crippen molar-refractivity contribution >= 4 is 11.3 Å². The molecule has 2 rings (SSSR count). The maximum Gasteiger partial charge on any atom is 0.129 e. The molecule has 0 aliphatic heterocycles. The number of hydrogen-bond donors (Lipinski definition) is 2. The number of hydrogen-bond acceptors (Lipinski definition) is 4. The van der Waals surface area contributed by atoms with Crippen LogP contribution in [0.4, 0.5) is 8.78 Å². The molecule has 1 heterocycles. The number of halogens is 2. The summed E-state index contributed by atoms with van der Waals surface area (Å²) in [6, 6.07) is 3.49. The topological polar surface area (TPSA) is 50.9 Å². The van der Waals surface area contributed by atoms with Crippen LogP contribution < -0.4 is 11.3 Å². The van der Waals surface area contributed by atoms with Crippen molar-refractivity contribution in [3.05, 3.63) is 51.0 Å². The van der Waals surface area contributed by atoms with Gasteiger partial charge in [-0.15, -0.1) is 11.3 Å². The van der Waals surface area contributed by atoms with Gasteiger partial charge in [-0.05, 0) is 32.4 Å². The molecule has 2 aromatic rings. The summed E-state index contributed by atoms with van der Waals surface area (Å²) in [5.74, 6) is 4.40. The standard InChI is InChI=1S/C13H15F2N3S/c1-7-13(19-8(2)17-7)12(18-16)6-9-10(14)4-3-5-11(9)15/h3-5,12,18H,6,16H2,1-2H3. The summed E-state index contributed by atoms with van der Waals surface area (Å²) < 4.78 is 27.3. The van der Waals surface area contributed by atoms with Gasteiger partial charge in [0.1, 0.15) is 11.6 Å². The summed E-state index contributed by atoms with van der Waals surface area (Å²) in [7, 11) is 0. The SMILES string of the molecule is Cc1nc(C)c(C(Cc2c(F)cccc2F)NN)s1. The first-order valence-electron chi connectivity index (χ1n) is 5.86. The Bertz CT molecular complexity index is 563. The lowest BCUT2D eigenvalue weighted by molar-refractivity contribution is 0.502. The van der Waals surface area contributed by atoms with Crippen LogP contribution in [0.5, 0.6) is 0 Å². The van der Waals surface area contributed by atoms with Gasteiger partial charge in [-0.2, -0.15) is 0 Å². The van der Waals surface area contributed by atoms with Gasteiger partial charge in [0.15, 0.2) is 0 Å². The fourth-order valence-electron chi connectivity index (χ4n) is 2.03. The predicted molar refractivity (Wildman–Crippen MR) is 71.7 cm³/mol. The summed E-state index contributed by atoms with van der Waals surface area (Å²) in [5.41, 5.74) is 3.49. The Morgan fingerprint density at radius 3 is 2.42 bits per heavy atom. The van der Waals surface area contributed by atoms with E-state index in [1.807, 2.05) is 13.8 Å². The normalized spacial score (nSPS) is 12.7. The van der Waals surface area contributed by atoms with E-state index in [1.54, 1.807) is 0 Å². The number of benzene rings is 1. The number of nitrogens with zero attached hydrogens (tertiary/aromatic N) is 1. The third kappa shape index (κ3) is 2.97. The van der Waals surface area contributed by atoms with Gasteiger partial charge in [0.05, 0.1) is 16.7 Å². The maximum atomic E-state index is 13.6. The van der Waals surface area contributed by atoms with Crippen LogP contribution in [0.15, 0.2) is 18.2 Å². The van der Waals surface area contributed by atoms with E-state index in [9.17, 15) is 8.78 Å². The Balaban J connectivity index is 2.32. The van der Waals surface area contributed by atoms with Crippen LogP contribution >= 0.6 is 11.3 Å². The number of hydrazine groups is 1. The Morgan fingerprint density at radius 2 is 1.95 bits per heavy atom. The number of rotatable bonds is 4. The van der Waals surface area contributed by atoms with E-state index < -0.39 is 11.6 Å². The van der Waals surface area contributed by atoms with Crippen LogP contribution in [-0.2, 0) is 6.42 Å². The molecule has 1 atom stereocenters. The van der Waals surface area contributed by atoms with Crippen LogP contribution in [-0.4, -0.2) is 4.98 Å². The monoisotopic (exact) mass is 283 g/mol. The number of nitrogens with one attached hydrogen (secondary N) is 1. The van der Waals surface area contributed by atoms with Gasteiger partial charge >= 0.3 is 0 Å². The van der Waals surface area contributed by atoms with Crippen LogP contribution in [0.2, 0.25) is 0 Å². The second-order valence-corrected chi connectivity index (χ2v) is 5.54. The molecule has 0 fully saturated rings. The Hall–Kier alpha value is -1.37. The first-order chi connectivity index (χ1) is 9.02. The molecule has 3 N–H and O–H groups in total. The highest BCUT2D eigenvalue weighted by atomic mass is 32.1. The van der Waals surface area contributed by atoms with Crippen molar-refractivity contribution in [1.82, 2.24) is 10.4 Å². The Morgan fingerprint density at radius 1 is 1.32 bits per heavy atom. The molecule has 0 saturated heterocycles. The molecule has 1 aromatic heterocycles. The maximum absolute atomic E-state index is 13.6. The number of aryl methyl sites for hydroxylation is 2. The molecule has 0 radical (unpaired) electrons. The van der Waals surface area contributed by atoms with E-state index in [4.69, 9.17) is 5.84 Å². The van der Waals surface area contributed by atoms with Crippen LogP contribution in [0.3, 0.4) is 0 Å². The average molecular weight is 283 g/mol. The molecule has 1 aromatic carbocycles. The molecule has 0 bridgehead atoms. The molecule has 0 spiro atoms. The summed E-state index contributed by atoms with van der Waals surface area (Å²) in [6.45, 7) is 3.75. The molecule has 3 nitrogen and oxygen atoms in total. The van der Waals surface area contributed by atoms with Crippen molar-refractivity contribution in [3.63, 3.8) is 0 Å². The summed E-state index contributed by atoms with van der Waals surface area (Å²) in [5, 5.41) is 0.904. The van der Waals surface area contributed by atoms with Crippen molar-refractivity contribution in [3.8, 4) is 0 Å². The average Bonchev–Trinajstić information content (AvgIpc) is 2.68. The first-order valence-corrected chi connectivity index (χ1v) is 6.67. The molecule has 0 amide bonds. The van der Waals surface area contributed by atoms with Gasteiger partial charge < -0.3 is 0 Å². The van der Waals surface area contributed by atoms with Gasteiger partial charge in [-0.25, -0.2) is 13.8 Å². The van der Waals surface area contributed by atoms with E-state index in [1.165, 1.54) is 29.5 Å². The van der Waals surface area contributed by atoms with E-state index in [2.05, 4.69) is 10.4 Å². The van der Waals surface area contributed by atoms with Crippen molar-refractivity contribution in [2.24, 2.45) is 5.84 Å². The largest absolute Gasteiger partial charge is 0.271 e. The van der Waals surface area contributed by atoms with Gasteiger partial charge in [0, 0.05) is 10.4 Å². The molecule has 6 heteroatoms. The van der Waals surface area contributed by atoms with Gasteiger partial charge in [0.2, 0.25) is 0 Å². The molecular formula is C13H15F2N3S. The highest BCUT2D eigenvalue weighted by Gasteiger charge is 2.20. The van der Waals surface area contributed by atoms with E-state index >= 15 is 0 Å². The second kappa shape index (κ2) is 5.73. The zero-order chi connectivity index (χ0) is 14.0. The minimum Gasteiger partial charge on any atom is -0.271 e. The third-order valence-electron chi connectivity index (χ3n) is 2.93. The molecule has 0 saturated carbocycles. The van der Waals surface area contributed by atoms with E-state index in [0.29, 0.717) is 0 Å². The quantitative estimate of drug-likeness (QED) is 0.670. The fraction of sp³-hybridized carbons (Fsp3) is 0.308. The van der Waals surface area contributed by atoms with Gasteiger partial charge in [-0.1, -0.05) is 6.07 Å². The van der Waals surface area contributed by atoms with Crippen molar-refractivity contribution in [2.45, 2.75) is 26.3 Å². The summed E-state index contributed by atoms with van der Waals surface area (Å²) in [6.07, 6.45) is 0.150. The zero-order valence-electron chi connectivity index (χ0n) is 10.7. The van der Waals surface area contributed by atoms with Crippen molar-refractivity contribution in [2.75, 3.05) is 0 Å². The molecule has 0 aliphatic carbocycles. The lowest BCUT2D eigenvalue weighted by atomic mass is 10.0. The van der Waals surface area contributed by atoms with Gasteiger partial charge in [0.25, 0.3) is 0 Å².